The van der Waals surface area contributed by atoms with Crippen LogP contribution in [0.15, 0.2) is 42.5 Å². The lowest BCUT2D eigenvalue weighted by atomic mass is 9.84. The van der Waals surface area contributed by atoms with Gasteiger partial charge in [0.1, 0.15) is 5.82 Å². The zero-order valence-corrected chi connectivity index (χ0v) is 17.9. The van der Waals surface area contributed by atoms with E-state index in [1.165, 1.54) is 12.0 Å². The first-order chi connectivity index (χ1) is 14.6. The zero-order chi connectivity index (χ0) is 20.7. The highest BCUT2D eigenvalue weighted by atomic mass is 35.5. The van der Waals surface area contributed by atoms with Crippen molar-refractivity contribution in [2.45, 2.75) is 26.2 Å². The molecule has 1 amide bonds. The number of piperazine rings is 1. The van der Waals surface area contributed by atoms with Crippen LogP contribution in [-0.4, -0.2) is 47.0 Å². The molecule has 1 saturated carbocycles. The molecule has 0 radical (unpaired) electrons. The van der Waals surface area contributed by atoms with Gasteiger partial charge >= 0.3 is 0 Å². The van der Waals surface area contributed by atoms with Crippen LogP contribution in [0.1, 0.15) is 24.8 Å². The van der Waals surface area contributed by atoms with Gasteiger partial charge in [-0.2, -0.15) is 0 Å². The van der Waals surface area contributed by atoms with Gasteiger partial charge in [0.2, 0.25) is 5.91 Å². The van der Waals surface area contributed by atoms with E-state index in [2.05, 4.69) is 36.1 Å². The van der Waals surface area contributed by atoms with Crippen molar-refractivity contribution in [1.29, 1.82) is 0 Å². The number of rotatable bonds is 3. The molecule has 1 aromatic heterocycles. The van der Waals surface area contributed by atoms with Crippen molar-refractivity contribution in [3.63, 3.8) is 0 Å². The third-order valence-corrected chi connectivity index (χ3v) is 6.53. The Balaban J connectivity index is 1.47. The van der Waals surface area contributed by atoms with Crippen LogP contribution in [0.25, 0.3) is 22.3 Å². The van der Waals surface area contributed by atoms with Crippen LogP contribution in [0.2, 0.25) is 5.02 Å². The van der Waals surface area contributed by atoms with Crippen LogP contribution < -0.4 is 4.90 Å². The van der Waals surface area contributed by atoms with Gasteiger partial charge in [0.25, 0.3) is 0 Å². The van der Waals surface area contributed by atoms with Gasteiger partial charge in [0, 0.05) is 48.1 Å². The van der Waals surface area contributed by atoms with Crippen LogP contribution in [-0.2, 0) is 4.79 Å². The Morgan fingerprint density at radius 1 is 1.00 bits per heavy atom. The molecule has 30 heavy (non-hydrogen) atoms. The van der Waals surface area contributed by atoms with Crippen molar-refractivity contribution in [2.24, 2.45) is 5.92 Å². The number of halogens is 1. The van der Waals surface area contributed by atoms with E-state index >= 15 is 0 Å². The van der Waals surface area contributed by atoms with Gasteiger partial charge in [-0.05, 0) is 38.0 Å². The number of carbonyl (C=O) groups excluding carboxylic acids is 1. The lowest BCUT2D eigenvalue weighted by Gasteiger charge is -2.39. The van der Waals surface area contributed by atoms with Crippen LogP contribution in [0.3, 0.4) is 0 Å². The summed E-state index contributed by atoms with van der Waals surface area (Å²) in [5.41, 5.74) is 3.04. The van der Waals surface area contributed by atoms with Gasteiger partial charge in [-0.1, -0.05) is 47.9 Å². The summed E-state index contributed by atoms with van der Waals surface area (Å²) in [5, 5.41) is 1.66. The first-order valence-corrected chi connectivity index (χ1v) is 11.0. The van der Waals surface area contributed by atoms with Crippen molar-refractivity contribution >= 4 is 34.2 Å². The number of hydrogen-bond donors (Lipinski definition) is 0. The number of anilines is 1. The van der Waals surface area contributed by atoms with Crippen molar-refractivity contribution in [2.75, 3.05) is 31.1 Å². The number of fused-ring (bicyclic) bond motifs is 1. The van der Waals surface area contributed by atoms with E-state index in [0.29, 0.717) is 16.8 Å². The predicted molar refractivity (Wildman–Crippen MR) is 121 cm³/mol. The van der Waals surface area contributed by atoms with E-state index in [-0.39, 0.29) is 5.92 Å². The molecule has 0 bridgehead atoms. The van der Waals surface area contributed by atoms with E-state index in [4.69, 9.17) is 21.6 Å². The Morgan fingerprint density at radius 3 is 2.40 bits per heavy atom. The fourth-order valence-electron chi connectivity index (χ4n) is 4.21. The van der Waals surface area contributed by atoms with Crippen molar-refractivity contribution in [3.05, 3.63) is 53.1 Å². The number of aryl methyl sites for hydroxylation is 1. The van der Waals surface area contributed by atoms with Crippen LogP contribution >= 0.6 is 11.6 Å². The molecule has 2 heterocycles. The molecule has 0 atom stereocenters. The highest BCUT2D eigenvalue weighted by molar-refractivity contribution is 6.31. The second-order valence-corrected chi connectivity index (χ2v) is 8.77. The summed E-state index contributed by atoms with van der Waals surface area (Å²) < 4.78 is 0. The Bertz CT molecular complexity index is 1090. The molecule has 1 aliphatic carbocycles. The maximum atomic E-state index is 12.6. The fraction of sp³-hybridized carbons (Fsp3) is 0.375. The minimum absolute atomic E-state index is 0.256. The first kappa shape index (κ1) is 19.3. The number of aromatic nitrogens is 2. The van der Waals surface area contributed by atoms with Crippen LogP contribution in [0, 0.1) is 12.8 Å². The highest BCUT2D eigenvalue weighted by Crippen LogP contribution is 2.32. The van der Waals surface area contributed by atoms with Crippen molar-refractivity contribution < 1.29 is 4.79 Å². The number of nitrogens with zero attached hydrogens (tertiary/aromatic N) is 4. The van der Waals surface area contributed by atoms with Crippen LogP contribution in [0.4, 0.5) is 5.82 Å². The summed E-state index contributed by atoms with van der Waals surface area (Å²) in [6.45, 7) is 5.12. The van der Waals surface area contributed by atoms with Gasteiger partial charge < -0.3 is 9.80 Å². The minimum atomic E-state index is 0.256. The maximum Gasteiger partial charge on any atom is 0.225 e. The second-order valence-electron chi connectivity index (χ2n) is 8.34. The molecule has 5 nitrogen and oxygen atoms in total. The molecule has 6 heteroatoms. The summed E-state index contributed by atoms with van der Waals surface area (Å²) in [6.07, 6.45) is 3.29. The summed E-state index contributed by atoms with van der Waals surface area (Å²) >= 11 is 6.26. The van der Waals surface area contributed by atoms with Gasteiger partial charge in [-0.15, -0.1) is 0 Å². The molecular formula is C24H25ClN4O. The molecule has 2 fully saturated rings. The normalized spacial score (nSPS) is 17.3. The molecule has 1 saturated heterocycles. The lowest BCUT2D eigenvalue weighted by Crippen LogP contribution is -2.51. The quantitative estimate of drug-likeness (QED) is 0.615. The Kier molecular flexibility index (Phi) is 5.07. The number of amides is 1. The molecule has 1 aliphatic heterocycles. The smallest absolute Gasteiger partial charge is 0.225 e. The number of benzene rings is 2. The standard InChI is InChI=1S/C24H25ClN4O/c1-16-5-7-17(8-6-16)22-26-21-15-19(25)9-10-20(21)23(27-22)28-11-13-29(14-12-28)24(30)18-3-2-4-18/h5-10,15,18H,2-4,11-14H2,1H3. The largest absolute Gasteiger partial charge is 0.352 e. The summed E-state index contributed by atoms with van der Waals surface area (Å²) in [5.74, 6) is 2.21. The molecule has 2 aliphatic rings. The molecule has 0 N–H and O–H groups in total. The fourth-order valence-corrected chi connectivity index (χ4v) is 4.38. The average molecular weight is 421 g/mol. The third kappa shape index (κ3) is 3.63. The van der Waals surface area contributed by atoms with E-state index < -0.39 is 0 Å². The molecular weight excluding hydrogens is 396 g/mol. The average Bonchev–Trinajstić information content (AvgIpc) is 2.72. The summed E-state index contributed by atoms with van der Waals surface area (Å²) in [7, 11) is 0. The monoisotopic (exact) mass is 420 g/mol. The molecule has 2 aromatic carbocycles. The third-order valence-electron chi connectivity index (χ3n) is 6.29. The highest BCUT2D eigenvalue weighted by Gasteiger charge is 2.31. The lowest BCUT2D eigenvalue weighted by molar-refractivity contribution is -0.138. The summed E-state index contributed by atoms with van der Waals surface area (Å²) in [4.78, 5) is 26.7. The van der Waals surface area contributed by atoms with Crippen molar-refractivity contribution in [1.82, 2.24) is 14.9 Å². The van der Waals surface area contributed by atoms with Gasteiger partial charge in [0.05, 0.1) is 5.52 Å². The maximum absolute atomic E-state index is 12.6. The predicted octanol–water partition coefficient (Wildman–Crippen LogP) is 4.71. The molecule has 5 rings (SSSR count). The SMILES string of the molecule is Cc1ccc(-c2nc(N3CCN(C(=O)C4CCC4)CC3)c3ccc(Cl)cc3n2)cc1. The molecule has 0 unspecified atom stereocenters. The molecule has 3 aromatic rings. The van der Waals surface area contributed by atoms with E-state index in [0.717, 1.165) is 61.3 Å². The van der Waals surface area contributed by atoms with Crippen LogP contribution in [0.5, 0.6) is 0 Å². The molecule has 154 valence electrons. The number of carbonyl (C=O) groups is 1. The molecule has 0 spiro atoms. The van der Waals surface area contributed by atoms with Gasteiger partial charge in [-0.3, -0.25) is 4.79 Å². The topological polar surface area (TPSA) is 49.3 Å². The van der Waals surface area contributed by atoms with Gasteiger partial charge in [0.15, 0.2) is 5.82 Å². The zero-order valence-electron chi connectivity index (χ0n) is 17.1. The van der Waals surface area contributed by atoms with E-state index in [9.17, 15) is 4.79 Å². The van der Waals surface area contributed by atoms with E-state index in [1.807, 2.05) is 23.1 Å². The summed E-state index contributed by atoms with van der Waals surface area (Å²) in [6, 6.07) is 14.0. The van der Waals surface area contributed by atoms with E-state index in [1.54, 1.807) is 0 Å². The Labute approximate surface area is 181 Å². The second kappa shape index (κ2) is 7.88. The van der Waals surface area contributed by atoms with Crippen molar-refractivity contribution in [3.8, 4) is 11.4 Å². The minimum Gasteiger partial charge on any atom is -0.352 e. The van der Waals surface area contributed by atoms with Gasteiger partial charge in [-0.25, -0.2) is 9.97 Å². The Hall–Kier alpha value is -2.66. The Morgan fingerprint density at radius 2 is 1.73 bits per heavy atom. The number of hydrogen-bond acceptors (Lipinski definition) is 4. The first-order valence-electron chi connectivity index (χ1n) is 10.7.